The largest absolute Gasteiger partial charge is 0.507 e. The number of amides is 1. The number of carbonyl (C=O) groups is 1. The lowest BCUT2D eigenvalue weighted by molar-refractivity contribution is 0.0225. The molecule has 1 aromatic carbocycles. The monoisotopic (exact) mass is 279 g/mol. The molecule has 0 atom stereocenters. The van der Waals surface area contributed by atoms with Crippen molar-refractivity contribution in [2.45, 2.75) is 39.8 Å². The summed E-state index contributed by atoms with van der Waals surface area (Å²) in [4.78, 5) is 13.7. The van der Waals surface area contributed by atoms with Crippen LogP contribution in [-0.4, -0.2) is 34.9 Å². The summed E-state index contributed by atoms with van der Waals surface area (Å²) in [6.07, 6.45) is -0.395. The molecule has 0 unspecified atom stereocenters. The number of ether oxygens (including phenoxy) is 2. The first-order chi connectivity index (χ1) is 9.26. The van der Waals surface area contributed by atoms with Gasteiger partial charge in [-0.3, -0.25) is 0 Å². The molecule has 1 aliphatic heterocycles. The topological polar surface area (TPSA) is 59.0 Å². The summed E-state index contributed by atoms with van der Waals surface area (Å²) in [7, 11) is 0. The number of aryl methyl sites for hydroxylation is 1. The molecule has 0 bridgehead atoms. The minimum Gasteiger partial charge on any atom is -0.507 e. The summed E-state index contributed by atoms with van der Waals surface area (Å²) < 4.78 is 11.0. The molecule has 110 valence electrons. The van der Waals surface area contributed by atoms with Crippen LogP contribution in [0.5, 0.6) is 11.5 Å². The van der Waals surface area contributed by atoms with E-state index in [4.69, 9.17) is 9.47 Å². The van der Waals surface area contributed by atoms with E-state index in [0.717, 1.165) is 5.56 Å². The molecule has 1 N–H and O–H groups in total. The number of hydrogen-bond donors (Lipinski definition) is 1. The molecule has 1 aromatic rings. The van der Waals surface area contributed by atoms with Gasteiger partial charge in [0.1, 0.15) is 23.7 Å². The summed E-state index contributed by atoms with van der Waals surface area (Å²) in [5.74, 6) is 0.781. The van der Waals surface area contributed by atoms with Crippen molar-refractivity contribution >= 4 is 6.09 Å². The Kier molecular flexibility index (Phi) is 3.79. The fourth-order valence-electron chi connectivity index (χ4n) is 2.07. The first-order valence-corrected chi connectivity index (χ1v) is 6.69. The first kappa shape index (κ1) is 14.5. The van der Waals surface area contributed by atoms with E-state index in [1.54, 1.807) is 11.0 Å². The van der Waals surface area contributed by atoms with Crippen LogP contribution in [0.15, 0.2) is 12.1 Å². The highest BCUT2D eigenvalue weighted by molar-refractivity contribution is 5.68. The van der Waals surface area contributed by atoms with Crippen molar-refractivity contribution in [2.75, 3.05) is 13.2 Å². The second-order valence-corrected chi connectivity index (χ2v) is 6.01. The van der Waals surface area contributed by atoms with Crippen LogP contribution in [0.3, 0.4) is 0 Å². The van der Waals surface area contributed by atoms with Crippen molar-refractivity contribution in [3.05, 3.63) is 23.3 Å². The number of nitrogens with zero attached hydrogens (tertiary/aromatic N) is 1. The van der Waals surface area contributed by atoms with Gasteiger partial charge < -0.3 is 19.5 Å². The van der Waals surface area contributed by atoms with Crippen molar-refractivity contribution in [3.63, 3.8) is 0 Å². The third-order valence-corrected chi connectivity index (χ3v) is 2.95. The van der Waals surface area contributed by atoms with Crippen LogP contribution in [0.4, 0.5) is 4.79 Å². The summed E-state index contributed by atoms with van der Waals surface area (Å²) in [5.41, 5.74) is 1.01. The molecular formula is C15H21NO4. The van der Waals surface area contributed by atoms with Gasteiger partial charge in [-0.2, -0.15) is 0 Å². The predicted molar refractivity (Wildman–Crippen MR) is 75.0 cm³/mol. The molecule has 0 saturated heterocycles. The summed E-state index contributed by atoms with van der Waals surface area (Å²) in [6, 6.07) is 3.54. The fourth-order valence-corrected chi connectivity index (χ4v) is 2.07. The van der Waals surface area contributed by atoms with Gasteiger partial charge in [-0.15, -0.1) is 0 Å². The zero-order valence-corrected chi connectivity index (χ0v) is 12.4. The van der Waals surface area contributed by atoms with Gasteiger partial charge in [0, 0.05) is 0 Å². The average molecular weight is 279 g/mol. The minimum absolute atomic E-state index is 0.149. The van der Waals surface area contributed by atoms with Gasteiger partial charge in [-0.1, -0.05) is 0 Å². The fraction of sp³-hybridized carbons (Fsp3) is 0.533. The van der Waals surface area contributed by atoms with Gasteiger partial charge in [0.2, 0.25) is 0 Å². The summed E-state index contributed by atoms with van der Waals surface area (Å²) in [5, 5.41) is 10.0. The van der Waals surface area contributed by atoms with Crippen molar-refractivity contribution in [1.82, 2.24) is 4.90 Å². The maximum Gasteiger partial charge on any atom is 0.410 e. The van der Waals surface area contributed by atoms with E-state index in [0.29, 0.717) is 24.5 Å². The quantitative estimate of drug-likeness (QED) is 0.793. The molecule has 0 fully saturated rings. The Bertz CT molecular complexity index is 519. The van der Waals surface area contributed by atoms with E-state index in [1.165, 1.54) is 0 Å². The Balaban J connectivity index is 2.22. The number of hydrogen-bond acceptors (Lipinski definition) is 4. The van der Waals surface area contributed by atoms with E-state index in [2.05, 4.69) is 0 Å². The molecule has 20 heavy (non-hydrogen) atoms. The molecule has 1 heterocycles. The number of phenolic OH excluding ortho intramolecular Hbond substituents is 1. The van der Waals surface area contributed by atoms with Crippen LogP contribution >= 0.6 is 0 Å². The predicted octanol–water partition coefficient (Wildman–Crippen LogP) is 2.83. The maximum atomic E-state index is 12.1. The standard InChI is InChI=1S/C15H21NO4/c1-10-7-12(17)11-9-16(5-6-19-13(11)8-10)14(18)20-15(2,3)4/h7-8,17H,5-6,9H2,1-4H3. The first-order valence-electron chi connectivity index (χ1n) is 6.69. The summed E-state index contributed by atoms with van der Waals surface area (Å²) >= 11 is 0. The average Bonchev–Trinajstić information content (AvgIpc) is 2.49. The van der Waals surface area contributed by atoms with Crippen molar-refractivity contribution in [3.8, 4) is 11.5 Å². The number of benzene rings is 1. The Morgan fingerprint density at radius 2 is 2.10 bits per heavy atom. The highest BCUT2D eigenvalue weighted by atomic mass is 16.6. The molecule has 5 nitrogen and oxygen atoms in total. The number of carbonyl (C=O) groups excluding carboxylic acids is 1. The van der Waals surface area contributed by atoms with Gasteiger partial charge in [0.05, 0.1) is 18.7 Å². The summed E-state index contributed by atoms with van der Waals surface area (Å²) in [6.45, 7) is 8.48. The number of rotatable bonds is 0. The third-order valence-electron chi connectivity index (χ3n) is 2.95. The van der Waals surface area contributed by atoms with Crippen LogP contribution in [0.25, 0.3) is 0 Å². The van der Waals surface area contributed by atoms with Gasteiger partial charge in [-0.05, 0) is 45.4 Å². The van der Waals surface area contributed by atoms with E-state index in [1.807, 2.05) is 33.8 Å². The Labute approximate surface area is 119 Å². The number of fused-ring (bicyclic) bond motifs is 1. The van der Waals surface area contributed by atoms with Crippen molar-refractivity contribution < 1.29 is 19.4 Å². The molecule has 0 spiro atoms. The molecule has 0 aromatic heterocycles. The van der Waals surface area contributed by atoms with E-state index >= 15 is 0 Å². The molecule has 0 saturated carbocycles. The molecule has 0 radical (unpaired) electrons. The van der Waals surface area contributed by atoms with Crippen LogP contribution in [0.1, 0.15) is 31.9 Å². The van der Waals surface area contributed by atoms with E-state index in [9.17, 15) is 9.90 Å². The zero-order chi connectivity index (χ0) is 14.9. The third kappa shape index (κ3) is 3.35. The molecule has 0 aliphatic carbocycles. The highest BCUT2D eigenvalue weighted by Gasteiger charge is 2.26. The molecular weight excluding hydrogens is 258 g/mol. The van der Waals surface area contributed by atoms with Gasteiger partial charge >= 0.3 is 6.09 Å². The maximum absolute atomic E-state index is 12.1. The number of phenols is 1. The van der Waals surface area contributed by atoms with Crippen LogP contribution < -0.4 is 4.74 Å². The van der Waals surface area contributed by atoms with Crippen molar-refractivity contribution in [2.24, 2.45) is 0 Å². The molecule has 1 amide bonds. The van der Waals surface area contributed by atoms with Crippen LogP contribution in [0, 0.1) is 6.92 Å². The highest BCUT2D eigenvalue weighted by Crippen LogP contribution is 2.32. The van der Waals surface area contributed by atoms with Gasteiger partial charge in [0.15, 0.2) is 0 Å². The molecule has 2 rings (SSSR count). The normalized spacial score (nSPS) is 15.1. The molecule has 5 heteroatoms. The second kappa shape index (κ2) is 5.23. The lowest BCUT2D eigenvalue weighted by Crippen LogP contribution is -2.37. The van der Waals surface area contributed by atoms with Crippen molar-refractivity contribution in [1.29, 1.82) is 0 Å². The number of aromatic hydroxyl groups is 1. The van der Waals surface area contributed by atoms with Gasteiger partial charge in [-0.25, -0.2) is 4.79 Å². The lowest BCUT2D eigenvalue weighted by atomic mass is 10.1. The van der Waals surface area contributed by atoms with Crippen LogP contribution in [-0.2, 0) is 11.3 Å². The molecule has 1 aliphatic rings. The van der Waals surface area contributed by atoms with Gasteiger partial charge in [0.25, 0.3) is 0 Å². The zero-order valence-electron chi connectivity index (χ0n) is 12.4. The lowest BCUT2D eigenvalue weighted by Gasteiger charge is -2.26. The Hall–Kier alpha value is -1.91. The van der Waals surface area contributed by atoms with E-state index < -0.39 is 11.7 Å². The SMILES string of the molecule is Cc1cc(O)c2c(c1)OCCN(C(=O)OC(C)(C)C)C2. The Morgan fingerprint density at radius 1 is 1.40 bits per heavy atom. The Morgan fingerprint density at radius 3 is 2.75 bits per heavy atom. The smallest absolute Gasteiger partial charge is 0.410 e. The minimum atomic E-state index is -0.539. The second-order valence-electron chi connectivity index (χ2n) is 6.01. The van der Waals surface area contributed by atoms with Crippen LogP contribution in [0.2, 0.25) is 0 Å². The van der Waals surface area contributed by atoms with E-state index in [-0.39, 0.29) is 12.3 Å².